The van der Waals surface area contributed by atoms with Crippen molar-refractivity contribution in [1.29, 1.82) is 0 Å². The van der Waals surface area contributed by atoms with Gasteiger partial charge in [-0.15, -0.1) is 0 Å². The second-order valence-electron chi connectivity index (χ2n) is 4.79. The maximum atomic E-state index is 5.75. The fraction of sp³-hybridized carbons (Fsp3) is 0.267. The molecule has 3 heteroatoms. The number of hydrogen-bond acceptors (Lipinski definition) is 2. The molecule has 1 aromatic heterocycles. The number of rotatable bonds is 2. The number of nitrogens with zero attached hydrogens (tertiary/aromatic N) is 2. The van der Waals surface area contributed by atoms with Crippen LogP contribution in [0.3, 0.4) is 0 Å². The molecule has 2 radical (unpaired) electrons. The van der Waals surface area contributed by atoms with Crippen molar-refractivity contribution in [3.8, 4) is 0 Å². The van der Waals surface area contributed by atoms with Gasteiger partial charge in [-0.25, -0.2) is 0 Å². The van der Waals surface area contributed by atoms with Crippen molar-refractivity contribution in [3.05, 3.63) is 59.3 Å². The van der Waals surface area contributed by atoms with Gasteiger partial charge in [-0.2, -0.15) is 0 Å². The first-order chi connectivity index (χ1) is 8.81. The summed E-state index contributed by atoms with van der Waals surface area (Å²) in [6, 6.07) is 14.6. The van der Waals surface area contributed by atoms with Gasteiger partial charge in [0.25, 0.3) is 0 Å². The highest BCUT2D eigenvalue weighted by molar-refractivity contribution is 6.30. The average molecular weight is 234 g/mol. The molecule has 0 saturated heterocycles. The lowest BCUT2D eigenvalue weighted by Gasteiger charge is -2.28. The molecule has 0 unspecified atom stereocenters. The monoisotopic (exact) mass is 234 g/mol. The number of benzene rings is 1. The van der Waals surface area contributed by atoms with Gasteiger partial charge in [-0.05, 0) is 23.1 Å². The average Bonchev–Trinajstić information content (AvgIpc) is 2.39. The highest BCUT2D eigenvalue weighted by Gasteiger charge is 2.17. The summed E-state index contributed by atoms with van der Waals surface area (Å²) in [5.74, 6) is 0. The Morgan fingerprint density at radius 1 is 1.11 bits per heavy atom. The van der Waals surface area contributed by atoms with Gasteiger partial charge in [0.2, 0.25) is 0 Å². The molecule has 0 aliphatic carbocycles. The first-order valence-electron chi connectivity index (χ1n) is 6.32. The van der Waals surface area contributed by atoms with Crippen LogP contribution in [0.25, 0.3) is 0 Å². The fourth-order valence-electron chi connectivity index (χ4n) is 2.46. The van der Waals surface area contributed by atoms with E-state index in [0.29, 0.717) is 5.59 Å². The molecule has 0 atom stereocenters. The van der Waals surface area contributed by atoms with Crippen molar-refractivity contribution < 1.29 is 0 Å². The van der Waals surface area contributed by atoms with Crippen molar-refractivity contribution in [2.45, 2.75) is 19.5 Å². The van der Waals surface area contributed by atoms with Gasteiger partial charge in [0.1, 0.15) is 7.85 Å². The van der Waals surface area contributed by atoms with E-state index >= 15 is 0 Å². The summed E-state index contributed by atoms with van der Waals surface area (Å²) in [5.41, 5.74) is 4.45. The maximum Gasteiger partial charge on any atom is 0.141 e. The fourth-order valence-corrected chi connectivity index (χ4v) is 2.46. The molecule has 0 spiro atoms. The molecule has 88 valence electrons. The highest BCUT2D eigenvalue weighted by atomic mass is 15.1. The minimum Gasteiger partial charge on any atom is -0.293 e. The summed E-state index contributed by atoms with van der Waals surface area (Å²) in [4.78, 5) is 6.86. The zero-order valence-corrected chi connectivity index (χ0v) is 10.3. The van der Waals surface area contributed by atoms with Gasteiger partial charge < -0.3 is 0 Å². The SMILES string of the molecule is [B]c1ccc2c(n1)CN(Cc1ccccc1)CC2. The molecule has 1 aliphatic heterocycles. The number of fused-ring (bicyclic) bond motifs is 1. The Hall–Kier alpha value is -1.61. The van der Waals surface area contributed by atoms with Crippen LogP contribution >= 0.6 is 0 Å². The standard InChI is InChI=1S/C15H15BN2/c16-15-7-6-13-8-9-18(11-14(13)17-15)10-12-4-2-1-3-5-12/h1-7H,8-11H2. The lowest BCUT2D eigenvalue weighted by Crippen LogP contribution is -2.32. The van der Waals surface area contributed by atoms with Gasteiger partial charge in [-0.3, -0.25) is 9.88 Å². The zero-order chi connectivity index (χ0) is 12.4. The maximum absolute atomic E-state index is 5.75. The minimum absolute atomic E-state index is 0.621. The molecule has 0 N–H and O–H groups in total. The van der Waals surface area contributed by atoms with Gasteiger partial charge in [-0.1, -0.05) is 42.5 Å². The predicted molar refractivity (Wildman–Crippen MR) is 73.9 cm³/mol. The Labute approximate surface area is 109 Å². The summed E-state index contributed by atoms with van der Waals surface area (Å²) in [5, 5.41) is 0. The molecular weight excluding hydrogens is 219 g/mol. The number of pyridine rings is 1. The number of hydrogen-bond donors (Lipinski definition) is 0. The van der Waals surface area contributed by atoms with E-state index in [9.17, 15) is 0 Å². The van der Waals surface area contributed by atoms with E-state index in [1.54, 1.807) is 0 Å². The van der Waals surface area contributed by atoms with E-state index < -0.39 is 0 Å². The largest absolute Gasteiger partial charge is 0.293 e. The molecule has 0 bridgehead atoms. The first kappa shape index (κ1) is 11.5. The Kier molecular flexibility index (Phi) is 3.16. The van der Waals surface area contributed by atoms with Gasteiger partial charge in [0, 0.05) is 19.6 Å². The van der Waals surface area contributed by atoms with Gasteiger partial charge in [0.05, 0.1) is 5.69 Å². The molecular formula is C15H15BN2. The lowest BCUT2D eigenvalue weighted by atomic mass is 9.98. The third kappa shape index (κ3) is 2.46. The summed E-state index contributed by atoms with van der Waals surface area (Å²) in [6.45, 7) is 2.97. The summed E-state index contributed by atoms with van der Waals surface area (Å²) in [7, 11) is 5.75. The summed E-state index contributed by atoms with van der Waals surface area (Å²) >= 11 is 0. The van der Waals surface area contributed by atoms with Crippen molar-refractivity contribution in [3.63, 3.8) is 0 Å². The van der Waals surface area contributed by atoms with Crippen LogP contribution in [0.4, 0.5) is 0 Å². The lowest BCUT2D eigenvalue weighted by molar-refractivity contribution is 0.242. The zero-order valence-electron chi connectivity index (χ0n) is 10.3. The van der Waals surface area contributed by atoms with Crippen LogP contribution in [0, 0.1) is 0 Å². The van der Waals surface area contributed by atoms with Crippen LogP contribution in [0.15, 0.2) is 42.5 Å². The molecule has 1 aliphatic rings. The van der Waals surface area contributed by atoms with Crippen LogP contribution in [-0.2, 0) is 19.5 Å². The van der Waals surface area contributed by atoms with E-state index in [1.165, 1.54) is 11.1 Å². The third-order valence-electron chi connectivity index (χ3n) is 3.41. The molecule has 18 heavy (non-hydrogen) atoms. The van der Waals surface area contributed by atoms with Crippen molar-refractivity contribution >= 4 is 13.4 Å². The Bertz CT molecular complexity index is 539. The quantitative estimate of drug-likeness (QED) is 0.731. The van der Waals surface area contributed by atoms with Crippen molar-refractivity contribution in [2.75, 3.05) is 6.54 Å². The van der Waals surface area contributed by atoms with Crippen LogP contribution in [0.1, 0.15) is 16.8 Å². The van der Waals surface area contributed by atoms with Crippen molar-refractivity contribution in [1.82, 2.24) is 9.88 Å². The normalized spacial score (nSPS) is 15.3. The molecule has 2 heterocycles. The summed E-state index contributed by atoms with van der Waals surface area (Å²) in [6.07, 6.45) is 1.06. The smallest absolute Gasteiger partial charge is 0.141 e. The van der Waals surface area contributed by atoms with Gasteiger partial charge in [0.15, 0.2) is 0 Å². The molecule has 1 aromatic carbocycles. The van der Waals surface area contributed by atoms with E-state index in [4.69, 9.17) is 7.85 Å². The molecule has 2 nitrogen and oxygen atoms in total. The van der Waals surface area contributed by atoms with Gasteiger partial charge >= 0.3 is 0 Å². The molecule has 3 rings (SSSR count). The second-order valence-corrected chi connectivity index (χ2v) is 4.79. The first-order valence-corrected chi connectivity index (χ1v) is 6.32. The van der Waals surface area contributed by atoms with Crippen LogP contribution < -0.4 is 5.59 Å². The summed E-state index contributed by atoms with van der Waals surface area (Å²) < 4.78 is 0. The molecule has 0 amide bonds. The highest BCUT2D eigenvalue weighted by Crippen LogP contribution is 2.17. The molecule has 0 fully saturated rings. The van der Waals surface area contributed by atoms with E-state index in [-0.39, 0.29) is 0 Å². The second kappa shape index (κ2) is 4.95. The molecule has 2 aromatic rings. The Balaban J connectivity index is 1.75. The van der Waals surface area contributed by atoms with Crippen LogP contribution in [-0.4, -0.2) is 24.3 Å². The third-order valence-corrected chi connectivity index (χ3v) is 3.41. The Morgan fingerprint density at radius 3 is 2.78 bits per heavy atom. The number of aromatic nitrogens is 1. The van der Waals surface area contributed by atoms with Crippen molar-refractivity contribution in [2.24, 2.45) is 0 Å². The topological polar surface area (TPSA) is 16.1 Å². The van der Waals surface area contributed by atoms with E-state index in [2.05, 4.69) is 46.3 Å². The molecule has 0 saturated carbocycles. The Morgan fingerprint density at radius 2 is 1.94 bits per heavy atom. The van der Waals surface area contributed by atoms with E-state index in [0.717, 1.165) is 31.7 Å². The predicted octanol–water partition coefficient (Wildman–Crippen LogP) is 1.43. The van der Waals surface area contributed by atoms with Crippen LogP contribution in [0.2, 0.25) is 0 Å². The van der Waals surface area contributed by atoms with Crippen LogP contribution in [0.5, 0.6) is 0 Å². The minimum atomic E-state index is 0.621. The van der Waals surface area contributed by atoms with E-state index in [1.807, 2.05) is 6.07 Å².